The highest BCUT2D eigenvalue weighted by Crippen LogP contribution is 2.28. The second kappa shape index (κ2) is 5.52. The normalized spacial score (nSPS) is 10.3. The van der Waals surface area contributed by atoms with Crippen molar-refractivity contribution in [3.8, 4) is 0 Å². The molecule has 0 atom stereocenters. The van der Waals surface area contributed by atoms with Crippen molar-refractivity contribution in [2.24, 2.45) is 0 Å². The number of benzene rings is 1. The maximum Gasteiger partial charge on any atom is 0.376 e. The smallest absolute Gasteiger partial charge is 0.321 e. The number of hydrogen-bond donors (Lipinski definition) is 1. The van der Waals surface area contributed by atoms with Crippen LogP contribution in [0.3, 0.4) is 0 Å². The molecule has 1 aromatic carbocycles. The average Bonchev–Trinajstić information content (AvgIpc) is 2.39. The second-order valence-corrected chi connectivity index (χ2v) is 4.24. The SMILES string of the molecule is CCN(c1cccc(C)c1)c1nc[nH]c(=O)c1[N+](=O)[O-]. The van der Waals surface area contributed by atoms with Gasteiger partial charge in [0, 0.05) is 12.2 Å². The first-order valence-corrected chi connectivity index (χ1v) is 6.11. The van der Waals surface area contributed by atoms with Crippen LogP contribution in [0.2, 0.25) is 0 Å². The van der Waals surface area contributed by atoms with Gasteiger partial charge in [0.1, 0.15) is 0 Å². The Kier molecular flexibility index (Phi) is 3.79. The third-order valence-corrected chi connectivity index (χ3v) is 2.88. The van der Waals surface area contributed by atoms with Gasteiger partial charge in [-0.25, -0.2) is 4.98 Å². The Hall–Kier alpha value is -2.70. The van der Waals surface area contributed by atoms with Crippen LogP contribution in [-0.2, 0) is 0 Å². The maximum atomic E-state index is 11.6. The molecule has 0 aliphatic carbocycles. The van der Waals surface area contributed by atoms with Crippen LogP contribution in [0.5, 0.6) is 0 Å². The van der Waals surface area contributed by atoms with Gasteiger partial charge in [0.05, 0.1) is 11.3 Å². The van der Waals surface area contributed by atoms with Crippen LogP contribution in [-0.4, -0.2) is 21.4 Å². The Balaban J connectivity index is 2.61. The van der Waals surface area contributed by atoms with E-state index in [4.69, 9.17) is 0 Å². The lowest BCUT2D eigenvalue weighted by Crippen LogP contribution is -2.23. The van der Waals surface area contributed by atoms with Crippen molar-refractivity contribution < 1.29 is 4.92 Å². The van der Waals surface area contributed by atoms with Crippen LogP contribution in [0.1, 0.15) is 12.5 Å². The lowest BCUT2D eigenvalue weighted by atomic mass is 10.2. The molecule has 0 spiro atoms. The van der Waals surface area contributed by atoms with Gasteiger partial charge in [0.15, 0.2) is 0 Å². The van der Waals surface area contributed by atoms with Gasteiger partial charge in [-0.1, -0.05) is 12.1 Å². The minimum Gasteiger partial charge on any atom is -0.321 e. The molecule has 0 bridgehead atoms. The van der Waals surface area contributed by atoms with Gasteiger partial charge in [0.25, 0.3) is 0 Å². The fraction of sp³-hybridized carbons (Fsp3) is 0.231. The van der Waals surface area contributed by atoms with Crippen LogP contribution in [0, 0.1) is 17.0 Å². The molecule has 0 saturated heterocycles. The minimum atomic E-state index is -0.758. The molecule has 20 heavy (non-hydrogen) atoms. The molecule has 0 unspecified atom stereocenters. The third kappa shape index (κ3) is 2.51. The first kappa shape index (κ1) is 13.7. The summed E-state index contributed by atoms with van der Waals surface area (Å²) in [5, 5.41) is 11.1. The van der Waals surface area contributed by atoms with Crippen LogP contribution in [0.15, 0.2) is 35.4 Å². The van der Waals surface area contributed by atoms with E-state index in [0.29, 0.717) is 6.54 Å². The molecule has 104 valence electrons. The van der Waals surface area contributed by atoms with Crippen LogP contribution in [0.25, 0.3) is 0 Å². The second-order valence-electron chi connectivity index (χ2n) is 4.24. The van der Waals surface area contributed by atoms with Crippen molar-refractivity contribution in [3.05, 3.63) is 56.6 Å². The zero-order chi connectivity index (χ0) is 14.7. The van der Waals surface area contributed by atoms with E-state index >= 15 is 0 Å². The number of anilines is 2. The number of aromatic nitrogens is 2. The van der Waals surface area contributed by atoms with Crippen molar-refractivity contribution in [1.29, 1.82) is 0 Å². The highest BCUT2D eigenvalue weighted by molar-refractivity contribution is 5.67. The van der Waals surface area contributed by atoms with Crippen molar-refractivity contribution in [2.75, 3.05) is 11.4 Å². The summed E-state index contributed by atoms with van der Waals surface area (Å²) in [6, 6.07) is 7.49. The number of rotatable bonds is 4. The minimum absolute atomic E-state index is 0.0480. The standard InChI is InChI=1S/C13H14N4O3/c1-3-16(10-6-4-5-9(2)7-10)12-11(17(19)20)13(18)15-8-14-12/h4-8H,3H2,1-2H3,(H,14,15,18). The summed E-state index contributed by atoms with van der Waals surface area (Å²) in [4.78, 5) is 29.8. The van der Waals surface area contributed by atoms with Crippen LogP contribution in [0.4, 0.5) is 17.2 Å². The van der Waals surface area contributed by atoms with Gasteiger partial charge in [-0.05, 0) is 31.5 Å². The molecular formula is C13H14N4O3. The Labute approximate surface area is 115 Å². The molecule has 0 saturated carbocycles. The maximum absolute atomic E-state index is 11.6. The van der Waals surface area contributed by atoms with E-state index in [9.17, 15) is 14.9 Å². The number of nitrogens with one attached hydrogen (secondary N) is 1. The van der Waals surface area contributed by atoms with E-state index in [1.54, 1.807) is 4.90 Å². The quantitative estimate of drug-likeness (QED) is 0.681. The lowest BCUT2D eigenvalue weighted by Gasteiger charge is -2.21. The zero-order valence-electron chi connectivity index (χ0n) is 11.2. The topological polar surface area (TPSA) is 92.1 Å². The van der Waals surface area contributed by atoms with E-state index in [-0.39, 0.29) is 5.82 Å². The summed E-state index contributed by atoms with van der Waals surface area (Å²) < 4.78 is 0. The first-order valence-electron chi connectivity index (χ1n) is 6.11. The predicted molar refractivity (Wildman–Crippen MR) is 75.4 cm³/mol. The number of H-pyrrole nitrogens is 1. The molecule has 1 aromatic heterocycles. The highest BCUT2D eigenvalue weighted by atomic mass is 16.6. The van der Waals surface area contributed by atoms with Crippen molar-refractivity contribution in [3.63, 3.8) is 0 Å². The van der Waals surface area contributed by atoms with E-state index in [0.717, 1.165) is 11.3 Å². The molecule has 0 aliphatic rings. The largest absolute Gasteiger partial charge is 0.376 e. The van der Waals surface area contributed by atoms with E-state index in [2.05, 4.69) is 9.97 Å². The van der Waals surface area contributed by atoms with E-state index in [1.807, 2.05) is 38.1 Å². The van der Waals surface area contributed by atoms with Crippen molar-refractivity contribution in [2.45, 2.75) is 13.8 Å². The van der Waals surface area contributed by atoms with Crippen LogP contribution < -0.4 is 10.5 Å². The molecule has 1 N–H and O–H groups in total. The van der Waals surface area contributed by atoms with Gasteiger partial charge < -0.3 is 9.88 Å². The number of aryl methyl sites for hydroxylation is 1. The van der Waals surface area contributed by atoms with Crippen LogP contribution >= 0.6 is 0 Å². The third-order valence-electron chi connectivity index (χ3n) is 2.88. The summed E-state index contributed by atoms with van der Waals surface area (Å²) in [6.07, 6.45) is 1.17. The zero-order valence-corrected chi connectivity index (χ0v) is 11.2. The summed E-state index contributed by atoms with van der Waals surface area (Å²) in [6.45, 7) is 4.23. The molecule has 7 heteroatoms. The summed E-state index contributed by atoms with van der Waals surface area (Å²) in [5.74, 6) is 0.0480. The summed E-state index contributed by atoms with van der Waals surface area (Å²) >= 11 is 0. The molecule has 1 heterocycles. The Morgan fingerprint density at radius 3 is 2.80 bits per heavy atom. The fourth-order valence-corrected chi connectivity index (χ4v) is 2.00. The Bertz CT molecular complexity index is 696. The Morgan fingerprint density at radius 2 is 2.20 bits per heavy atom. The monoisotopic (exact) mass is 274 g/mol. The van der Waals surface area contributed by atoms with Gasteiger partial charge in [0.2, 0.25) is 5.82 Å². The first-order chi connectivity index (χ1) is 9.54. The number of nitrogens with zero attached hydrogens (tertiary/aromatic N) is 3. The predicted octanol–water partition coefficient (Wildman–Crippen LogP) is 2.14. The van der Waals surface area contributed by atoms with Crippen molar-refractivity contribution in [1.82, 2.24) is 9.97 Å². The van der Waals surface area contributed by atoms with Gasteiger partial charge in [-0.2, -0.15) is 0 Å². The number of nitro groups is 1. The molecule has 0 aliphatic heterocycles. The molecule has 0 fully saturated rings. The number of hydrogen-bond acceptors (Lipinski definition) is 5. The molecule has 2 aromatic rings. The molecular weight excluding hydrogens is 260 g/mol. The van der Waals surface area contributed by atoms with E-state index in [1.165, 1.54) is 6.33 Å². The lowest BCUT2D eigenvalue weighted by molar-refractivity contribution is -0.385. The molecule has 0 amide bonds. The van der Waals surface area contributed by atoms with E-state index < -0.39 is 16.2 Å². The summed E-state index contributed by atoms with van der Waals surface area (Å²) in [5.41, 5.74) is 0.476. The highest BCUT2D eigenvalue weighted by Gasteiger charge is 2.25. The fourth-order valence-electron chi connectivity index (χ4n) is 2.00. The average molecular weight is 274 g/mol. The summed E-state index contributed by atoms with van der Waals surface area (Å²) in [7, 11) is 0. The number of aromatic amines is 1. The Morgan fingerprint density at radius 1 is 1.45 bits per heavy atom. The van der Waals surface area contributed by atoms with Gasteiger partial charge in [-0.3, -0.25) is 14.9 Å². The molecule has 2 rings (SSSR count). The molecule has 7 nitrogen and oxygen atoms in total. The molecule has 0 radical (unpaired) electrons. The van der Waals surface area contributed by atoms with Crippen molar-refractivity contribution >= 4 is 17.2 Å². The van der Waals surface area contributed by atoms with Gasteiger partial charge >= 0.3 is 11.2 Å². The van der Waals surface area contributed by atoms with Gasteiger partial charge in [-0.15, -0.1) is 0 Å².